The monoisotopic (exact) mass is 596 g/mol. The van der Waals surface area contributed by atoms with Crippen LogP contribution in [0.3, 0.4) is 0 Å². The zero-order valence-electron chi connectivity index (χ0n) is 23.8. The van der Waals surface area contributed by atoms with E-state index in [0.717, 1.165) is 5.56 Å². The number of hydrogen-bond acceptors (Lipinski definition) is 7. The lowest BCUT2D eigenvalue weighted by Gasteiger charge is -2.25. The van der Waals surface area contributed by atoms with Gasteiger partial charge in [0, 0.05) is 19.4 Å². The number of amides is 4. The average molecular weight is 597 g/mol. The van der Waals surface area contributed by atoms with Gasteiger partial charge in [-0.2, -0.15) is 0 Å². The molecule has 0 aliphatic carbocycles. The van der Waals surface area contributed by atoms with Crippen LogP contribution in [0.2, 0.25) is 0 Å². The molecule has 2 rings (SSSR count). The molecule has 0 saturated carbocycles. The van der Waals surface area contributed by atoms with Crippen LogP contribution in [-0.4, -0.2) is 71.4 Å². The van der Waals surface area contributed by atoms with E-state index in [1.54, 1.807) is 54.6 Å². The molecule has 0 radical (unpaired) electrons. The largest absolute Gasteiger partial charge is 0.480 e. The van der Waals surface area contributed by atoms with Crippen LogP contribution in [-0.2, 0) is 36.8 Å². The predicted octanol–water partition coefficient (Wildman–Crippen LogP) is -1.34. The van der Waals surface area contributed by atoms with E-state index in [0.29, 0.717) is 5.56 Å². The molecule has 12 N–H and O–H groups in total. The summed E-state index contributed by atoms with van der Waals surface area (Å²) < 4.78 is 0. The Bertz CT molecular complexity index is 1250. The van der Waals surface area contributed by atoms with Crippen LogP contribution in [0.15, 0.2) is 65.7 Å². The molecule has 0 spiro atoms. The van der Waals surface area contributed by atoms with Gasteiger partial charge in [-0.1, -0.05) is 60.7 Å². The van der Waals surface area contributed by atoms with Gasteiger partial charge in [0.25, 0.3) is 0 Å². The van der Waals surface area contributed by atoms with Gasteiger partial charge in [0.05, 0.1) is 6.04 Å². The molecule has 0 bridgehead atoms. The number of carboxylic acid groups (broad SMARTS) is 1. The highest BCUT2D eigenvalue weighted by atomic mass is 16.4. The third kappa shape index (κ3) is 13.0. The van der Waals surface area contributed by atoms with Crippen LogP contribution >= 0.6 is 0 Å². The number of carbonyl (C=O) groups excluding carboxylic acids is 4. The Hall–Kier alpha value is -4.98. The molecule has 4 unspecified atom stereocenters. The zero-order valence-corrected chi connectivity index (χ0v) is 23.8. The maximum atomic E-state index is 13.4. The Morgan fingerprint density at radius 3 is 1.70 bits per heavy atom. The van der Waals surface area contributed by atoms with Gasteiger partial charge in [-0.3, -0.25) is 24.2 Å². The standard InChI is InChI=1S/C29H40N8O6/c30-20(16-18-8-3-1-4-9-18)25(39)35-22(13-14-24(31)38)27(41)36-21(12-7-15-34-29(32)33)26(40)37-23(28(42)43)17-19-10-5-2-6-11-19/h1-6,8-11,20-23H,7,12-17,30H2,(H2,31,38)(H,35,39)(H,36,41)(H,37,40)(H,42,43)(H4,32,33,34). The number of rotatable bonds is 18. The number of guanidine groups is 1. The topological polar surface area (TPSA) is 258 Å². The van der Waals surface area contributed by atoms with Gasteiger partial charge in [0.1, 0.15) is 18.1 Å². The SMILES string of the molecule is NC(=O)CCC(NC(=O)C(N)Cc1ccccc1)C(=O)NC(CCCN=C(N)N)C(=O)NC(Cc1ccccc1)C(=O)O. The second kappa shape index (κ2) is 17.7. The summed E-state index contributed by atoms with van der Waals surface area (Å²) in [4.78, 5) is 66.8. The Labute approximate surface area is 249 Å². The summed E-state index contributed by atoms with van der Waals surface area (Å²) in [5.41, 5.74) is 23.6. The summed E-state index contributed by atoms with van der Waals surface area (Å²) in [6.07, 6.45) is 0.117. The van der Waals surface area contributed by atoms with Gasteiger partial charge in [0.15, 0.2) is 5.96 Å². The van der Waals surface area contributed by atoms with Gasteiger partial charge < -0.3 is 44.0 Å². The molecule has 0 saturated heterocycles. The molecule has 43 heavy (non-hydrogen) atoms. The average Bonchev–Trinajstić information content (AvgIpc) is 2.96. The maximum absolute atomic E-state index is 13.4. The molecule has 0 heterocycles. The van der Waals surface area contributed by atoms with Crippen LogP contribution in [0.5, 0.6) is 0 Å². The number of primary amides is 1. The first-order valence-electron chi connectivity index (χ1n) is 13.8. The molecule has 0 aliphatic heterocycles. The zero-order chi connectivity index (χ0) is 31.8. The molecule has 0 aliphatic rings. The van der Waals surface area contributed by atoms with Crippen molar-refractivity contribution in [3.63, 3.8) is 0 Å². The summed E-state index contributed by atoms with van der Waals surface area (Å²) in [6.45, 7) is 0.143. The van der Waals surface area contributed by atoms with E-state index in [2.05, 4.69) is 20.9 Å². The highest BCUT2D eigenvalue weighted by Gasteiger charge is 2.30. The van der Waals surface area contributed by atoms with Crippen LogP contribution in [0.25, 0.3) is 0 Å². The molecular formula is C29H40N8O6. The second-order valence-corrected chi connectivity index (χ2v) is 9.96. The summed E-state index contributed by atoms with van der Waals surface area (Å²) in [7, 11) is 0. The molecule has 4 atom stereocenters. The molecular weight excluding hydrogens is 556 g/mol. The molecule has 2 aromatic rings. The van der Waals surface area contributed by atoms with E-state index in [9.17, 15) is 29.1 Å². The third-order valence-electron chi connectivity index (χ3n) is 6.42. The highest BCUT2D eigenvalue weighted by Crippen LogP contribution is 2.08. The number of nitrogens with one attached hydrogen (secondary N) is 3. The number of benzene rings is 2. The van der Waals surface area contributed by atoms with Crippen molar-refractivity contribution in [3.8, 4) is 0 Å². The number of hydrogen-bond donors (Lipinski definition) is 8. The van der Waals surface area contributed by atoms with Crippen molar-refractivity contribution >= 4 is 35.6 Å². The van der Waals surface area contributed by atoms with Crippen molar-refractivity contribution in [1.29, 1.82) is 0 Å². The molecule has 14 heteroatoms. The summed E-state index contributed by atoms with van der Waals surface area (Å²) in [6, 6.07) is 13.0. The smallest absolute Gasteiger partial charge is 0.326 e. The number of nitrogens with zero attached hydrogens (tertiary/aromatic N) is 1. The minimum atomic E-state index is -1.28. The van der Waals surface area contributed by atoms with E-state index in [-0.39, 0.29) is 51.0 Å². The molecule has 232 valence electrons. The predicted molar refractivity (Wildman–Crippen MR) is 160 cm³/mol. The van der Waals surface area contributed by atoms with Crippen molar-refractivity contribution in [2.24, 2.45) is 27.9 Å². The Kier molecular flexibility index (Phi) is 14.1. The Morgan fingerprint density at radius 2 is 1.19 bits per heavy atom. The van der Waals surface area contributed by atoms with Crippen molar-refractivity contribution in [3.05, 3.63) is 71.8 Å². The Morgan fingerprint density at radius 1 is 0.698 bits per heavy atom. The van der Waals surface area contributed by atoms with Gasteiger partial charge in [-0.05, 0) is 36.8 Å². The van der Waals surface area contributed by atoms with E-state index >= 15 is 0 Å². The molecule has 0 aromatic heterocycles. The van der Waals surface area contributed by atoms with Crippen molar-refractivity contribution in [2.75, 3.05) is 6.54 Å². The molecule has 0 fully saturated rings. The lowest BCUT2D eigenvalue weighted by Crippen LogP contribution is -2.57. The lowest BCUT2D eigenvalue weighted by molar-refractivity contribution is -0.142. The first-order chi connectivity index (χ1) is 20.5. The number of nitrogens with two attached hydrogens (primary N) is 4. The van der Waals surface area contributed by atoms with E-state index in [1.807, 2.05) is 6.07 Å². The van der Waals surface area contributed by atoms with Crippen LogP contribution in [0.4, 0.5) is 0 Å². The fraction of sp³-hybridized carbons (Fsp3) is 0.379. The molecule has 2 aromatic carbocycles. The van der Waals surface area contributed by atoms with Gasteiger partial charge >= 0.3 is 5.97 Å². The quantitative estimate of drug-likeness (QED) is 0.0574. The minimum Gasteiger partial charge on any atom is -0.480 e. The maximum Gasteiger partial charge on any atom is 0.326 e. The number of carboxylic acids is 1. The first kappa shape index (κ1) is 34.2. The van der Waals surface area contributed by atoms with Gasteiger partial charge in [-0.25, -0.2) is 4.79 Å². The number of aliphatic carboxylic acids is 1. The van der Waals surface area contributed by atoms with Crippen LogP contribution in [0.1, 0.15) is 36.8 Å². The van der Waals surface area contributed by atoms with E-state index in [1.165, 1.54) is 0 Å². The minimum absolute atomic E-state index is 0.00712. The van der Waals surface area contributed by atoms with Crippen molar-refractivity contribution in [1.82, 2.24) is 16.0 Å². The fourth-order valence-electron chi connectivity index (χ4n) is 4.16. The fourth-order valence-corrected chi connectivity index (χ4v) is 4.16. The highest BCUT2D eigenvalue weighted by molar-refractivity contribution is 5.94. The van der Waals surface area contributed by atoms with Crippen molar-refractivity contribution in [2.45, 2.75) is 62.7 Å². The molecule has 4 amide bonds. The van der Waals surface area contributed by atoms with Crippen LogP contribution < -0.4 is 38.9 Å². The van der Waals surface area contributed by atoms with E-state index < -0.39 is 53.8 Å². The summed E-state index contributed by atoms with van der Waals surface area (Å²) in [5.74, 6) is -4.30. The van der Waals surface area contributed by atoms with Crippen LogP contribution in [0, 0.1) is 0 Å². The summed E-state index contributed by atoms with van der Waals surface area (Å²) in [5, 5.41) is 17.3. The third-order valence-corrected chi connectivity index (χ3v) is 6.42. The Balaban J connectivity index is 2.19. The normalized spacial score (nSPS) is 13.4. The molecule has 14 nitrogen and oxygen atoms in total. The second-order valence-electron chi connectivity index (χ2n) is 9.96. The van der Waals surface area contributed by atoms with E-state index in [4.69, 9.17) is 22.9 Å². The first-order valence-corrected chi connectivity index (χ1v) is 13.8. The summed E-state index contributed by atoms with van der Waals surface area (Å²) >= 11 is 0. The van der Waals surface area contributed by atoms with Crippen molar-refractivity contribution < 1.29 is 29.1 Å². The van der Waals surface area contributed by atoms with Gasteiger partial charge in [-0.15, -0.1) is 0 Å². The number of aliphatic imine (C=N–C) groups is 1. The lowest BCUT2D eigenvalue weighted by atomic mass is 10.0. The number of carbonyl (C=O) groups is 5. The van der Waals surface area contributed by atoms with Gasteiger partial charge in [0.2, 0.25) is 23.6 Å².